The number of aryl methyl sites for hydroxylation is 1. The minimum Gasteiger partial charge on any atom is -0.361 e. The molecule has 0 aliphatic carbocycles. The summed E-state index contributed by atoms with van der Waals surface area (Å²) >= 11 is 5.82. The van der Waals surface area contributed by atoms with Gasteiger partial charge in [-0.2, -0.15) is 4.31 Å². The van der Waals surface area contributed by atoms with Gasteiger partial charge < -0.3 is 9.42 Å². The number of amides is 1. The lowest BCUT2D eigenvalue weighted by Gasteiger charge is -2.33. The normalized spacial score (nSPS) is 16.2. The predicted molar refractivity (Wildman–Crippen MR) is 92.8 cm³/mol. The second-order valence-electron chi connectivity index (χ2n) is 5.90. The molecule has 0 bridgehead atoms. The Balaban J connectivity index is 1.61. The van der Waals surface area contributed by atoms with Gasteiger partial charge in [0.25, 0.3) is 5.91 Å². The molecule has 3 rings (SSSR count). The number of nitrogens with zero attached hydrogens (tertiary/aromatic N) is 3. The lowest BCUT2D eigenvalue weighted by Crippen LogP contribution is -2.50. The first-order chi connectivity index (χ1) is 11.8. The van der Waals surface area contributed by atoms with E-state index in [0.717, 1.165) is 0 Å². The van der Waals surface area contributed by atoms with E-state index < -0.39 is 10.0 Å². The molecule has 1 amide bonds. The minimum absolute atomic E-state index is 0.0827. The standard InChI is InChI=1S/C16H18ClN3O4S/c1-12-10-15(18-24-12)16(21)19-6-8-20(9-7-19)25(22,23)11-13-2-4-14(17)5-3-13/h2-5,10H,6-9,11H2,1H3. The summed E-state index contributed by atoms with van der Waals surface area (Å²) in [7, 11) is -3.44. The first kappa shape index (κ1) is 17.9. The molecule has 0 atom stereocenters. The lowest BCUT2D eigenvalue weighted by molar-refractivity contribution is 0.0687. The van der Waals surface area contributed by atoms with Crippen LogP contribution in [0.2, 0.25) is 5.02 Å². The fourth-order valence-electron chi connectivity index (χ4n) is 2.68. The number of benzene rings is 1. The molecule has 1 saturated heterocycles. The Kier molecular flexibility index (Phi) is 5.12. The minimum atomic E-state index is -3.44. The summed E-state index contributed by atoms with van der Waals surface area (Å²) in [5, 5.41) is 4.28. The maximum absolute atomic E-state index is 12.6. The van der Waals surface area contributed by atoms with Gasteiger partial charge in [-0.1, -0.05) is 28.9 Å². The number of rotatable bonds is 4. The molecule has 0 N–H and O–H groups in total. The number of hydrogen-bond acceptors (Lipinski definition) is 5. The molecule has 0 saturated carbocycles. The van der Waals surface area contributed by atoms with Crippen molar-refractivity contribution in [3.05, 3.63) is 52.4 Å². The third-order valence-corrected chi connectivity index (χ3v) is 6.13. The van der Waals surface area contributed by atoms with Crippen molar-refractivity contribution in [3.8, 4) is 0 Å². The van der Waals surface area contributed by atoms with Gasteiger partial charge in [0.15, 0.2) is 5.69 Å². The molecule has 1 aromatic carbocycles. The van der Waals surface area contributed by atoms with E-state index in [2.05, 4.69) is 5.16 Å². The number of halogens is 1. The van der Waals surface area contributed by atoms with Crippen molar-refractivity contribution in [3.63, 3.8) is 0 Å². The van der Waals surface area contributed by atoms with E-state index in [1.165, 1.54) is 4.31 Å². The fourth-order valence-corrected chi connectivity index (χ4v) is 4.32. The maximum Gasteiger partial charge on any atom is 0.276 e. The van der Waals surface area contributed by atoms with Gasteiger partial charge >= 0.3 is 0 Å². The lowest BCUT2D eigenvalue weighted by atomic mass is 10.2. The summed E-state index contributed by atoms with van der Waals surface area (Å²) in [4.78, 5) is 13.9. The Morgan fingerprint density at radius 1 is 1.20 bits per heavy atom. The first-order valence-corrected chi connectivity index (χ1v) is 9.79. The van der Waals surface area contributed by atoms with Crippen LogP contribution < -0.4 is 0 Å². The summed E-state index contributed by atoms with van der Waals surface area (Å²) in [6.45, 7) is 2.89. The highest BCUT2D eigenvalue weighted by molar-refractivity contribution is 7.88. The largest absolute Gasteiger partial charge is 0.361 e. The number of piperazine rings is 1. The Morgan fingerprint density at radius 3 is 2.40 bits per heavy atom. The van der Waals surface area contributed by atoms with E-state index in [1.54, 1.807) is 42.2 Å². The van der Waals surface area contributed by atoms with Crippen molar-refractivity contribution in [2.45, 2.75) is 12.7 Å². The van der Waals surface area contributed by atoms with Gasteiger partial charge in [-0.15, -0.1) is 0 Å². The van der Waals surface area contributed by atoms with Crippen LogP contribution in [0.25, 0.3) is 0 Å². The monoisotopic (exact) mass is 383 g/mol. The van der Waals surface area contributed by atoms with Crippen molar-refractivity contribution in [2.24, 2.45) is 0 Å². The Bertz CT molecular complexity index is 856. The van der Waals surface area contributed by atoms with Crippen LogP contribution in [0.1, 0.15) is 21.8 Å². The average molecular weight is 384 g/mol. The molecule has 1 aliphatic rings. The van der Waals surface area contributed by atoms with Gasteiger partial charge in [0.2, 0.25) is 10.0 Å². The van der Waals surface area contributed by atoms with E-state index >= 15 is 0 Å². The van der Waals surface area contributed by atoms with Gasteiger partial charge in [-0.3, -0.25) is 4.79 Å². The number of hydrogen-bond donors (Lipinski definition) is 0. The maximum atomic E-state index is 12.6. The zero-order chi connectivity index (χ0) is 18.0. The zero-order valence-corrected chi connectivity index (χ0v) is 15.3. The van der Waals surface area contributed by atoms with Crippen molar-refractivity contribution >= 4 is 27.5 Å². The van der Waals surface area contributed by atoms with Crippen molar-refractivity contribution in [2.75, 3.05) is 26.2 Å². The van der Waals surface area contributed by atoms with Crippen molar-refractivity contribution < 1.29 is 17.7 Å². The molecule has 1 fully saturated rings. The molecule has 9 heteroatoms. The summed E-state index contributed by atoms with van der Waals surface area (Å²) in [5.41, 5.74) is 0.927. The van der Waals surface area contributed by atoms with E-state index in [9.17, 15) is 13.2 Å². The predicted octanol–water partition coefficient (Wildman–Crippen LogP) is 1.92. The third kappa shape index (κ3) is 4.20. The zero-order valence-electron chi connectivity index (χ0n) is 13.7. The highest BCUT2D eigenvalue weighted by Crippen LogP contribution is 2.17. The molecule has 0 spiro atoms. The quantitative estimate of drug-likeness (QED) is 0.805. The van der Waals surface area contributed by atoms with E-state index in [0.29, 0.717) is 29.4 Å². The molecule has 1 aromatic heterocycles. The first-order valence-electron chi connectivity index (χ1n) is 7.80. The summed E-state index contributed by atoms with van der Waals surface area (Å²) in [6.07, 6.45) is 0. The topological polar surface area (TPSA) is 83.7 Å². The van der Waals surface area contributed by atoms with E-state index in [1.807, 2.05) is 0 Å². The van der Waals surface area contributed by atoms with Gasteiger partial charge in [0.1, 0.15) is 5.76 Å². The van der Waals surface area contributed by atoms with Crippen LogP contribution in [-0.2, 0) is 15.8 Å². The van der Waals surface area contributed by atoms with Gasteiger partial charge in [0, 0.05) is 37.3 Å². The van der Waals surface area contributed by atoms with Crippen LogP contribution in [0.15, 0.2) is 34.9 Å². The second kappa shape index (κ2) is 7.15. The molecule has 7 nitrogen and oxygen atoms in total. The number of sulfonamides is 1. The molecule has 134 valence electrons. The van der Waals surface area contributed by atoms with E-state index in [-0.39, 0.29) is 30.4 Å². The molecular formula is C16H18ClN3O4S. The van der Waals surface area contributed by atoms with Crippen LogP contribution >= 0.6 is 11.6 Å². The van der Waals surface area contributed by atoms with Gasteiger partial charge in [-0.05, 0) is 24.6 Å². The summed E-state index contributed by atoms with van der Waals surface area (Å²) < 4.78 is 31.4. The fraction of sp³-hybridized carbons (Fsp3) is 0.375. The molecule has 0 radical (unpaired) electrons. The van der Waals surface area contributed by atoms with Crippen LogP contribution in [0, 0.1) is 6.92 Å². The highest BCUT2D eigenvalue weighted by Gasteiger charge is 2.30. The van der Waals surface area contributed by atoms with Crippen molar-refractivity contribution in [1.29, 1.82) is 0 Å². The van der Waals surface area contributed by atoms with Gasteiger partial charge in [0.05, 0.1) is 5.75 Å². The Morgan fingerprint density at radius 2 is 1.84 bits per heavy atom. The number of carbonyl (C=O) groups is 1. The third-order valence-electron chi connectivity index (χ3n) is 4.03. The van der Waals surface area contributed by atoms with Crippen LogP contribution in [0.3, 0.4) is 0 Å². The summed E-state index contributed by atoms with van der Waals surface area (Å²) in [5.74, 6) is 0.236. The molecule has 25 heavy (non-hydrogen) atoms. The molecule has 1 aliphatic heterocycles. The SMILES string of the molecule is Cc1cc(C(=O)N2CCN(S(=O)(=O)Cc3ccc(Cl)cc3)CC2)no1. The Labute approximate surface area is 151 Å². The Hall–Kier alpha value is -1.90. The van der Waals surface area contributed by atoms with Crippen LogP contribution in [0.5, 0.6) is 0 Å². The second-order valence-corrected chi connectivity index (χ2v) is 8.30. The summed E-state index contributed by atoms with van der Waals surface area (Å²) in [6, 6.07) is 8.32. The average Bonchev–Trinajstić information content (AvgIpc) is 3.03. The molecular weight excluding hydrogens is 366 g/mol. The smallest absolute Gasteiger partial charge is 0.276 e. The molecule has 2 heterocycles. The number of aromatic nitrogens is 1. The highest BCUT2D eigenvalue weighted by atomic mass is 35.5. The number of carbonyl (C=O) groups excluding carboxylic acids is 1. The van der Waals surface area contributed by atoms with Gasteiger partial charge in [-0.25, -0.2) is 8.42 Å². The van der Waals surface area contributed by atoms with Crippen molar-refractivity contribution in [1.82, 2.24) is 14.4 Å². The van der Waals surface area contributed by atoms with Crippen LogP contribution in [-0.4, -0.2) is 54.9 Å². The molecule has 0 unspecified atom stereocenters. The van der Waals surface area contributed by atoms with E-state index in [4.69, 9.17) is 16.1 Å². The molecule has 2 aromatic rings. The van der Waals surface area contributed by atoms with Crippen LogP contribution in [0.4, 0.5) is 0 Å².